The van der Waals surface area contributed by atoms with Gasteiger partial charge in [0.25, 0.3) is 0 Å². The highest BCUT2D eigenvalue weighted by Gasteiger charge is 2.02. The van der Waals surface area contributed by atoms with Crippen molar-refractivity contribution in [1.82, 2.24) is 15.0 Å². The molecule has 0 saturated carbocycles. The molecule has 78 valence electrons. The lowest BCUT2D eigenvalue weighted by molar-refractivity contribution is 0.269. The van der Waals surface area contributed by atoms with Crippen molar-refractivity contribution >= 4 is 0 Å². The van der Waals surface area contributed by atoms with E-state index in [1.807, 2.05) is 12.1 Å². The Morgan fingerprint density at radius 2 is 2.27 bits per heavy atom. The van der Waals surface area contributed by atoms with Crippen LogP contribution in [0, 0.1) is 6.92 Å². The molecule has 0 unspecified atom stereocenters. The molecule has 0 aliphatic rings. The molecule has 1 heterocycles. The van der Waals surface area contributed by atoms with Gasteiger partial charge in [-0.25, -0.2) is 4.68 Å². The van der Waals surface area contributed by atoms with Crippen LogP contribution in [0.2, 0.25) is 0 Å². The molecule has 4 nitrogen and oxygen atoms in total. The monoisotopic (exact) mass is 203 g/mol. The highest BCUT2D eigenvalue weighted by atomic mass is 16.3. The van der Waals surface area contributed by atoms with Gasteiger partial charge in [0, 0.05) is 0 Å². The number of hydrogen-bond donors (Lipinski definition) is 1. The largest absolute Gasteiger partial charge is 0.390 e. The molecule has 1 aromatic carbocycles. The van der Waals surface area contributed by atoms with Gasteiger partial charge in [-0.05, 0) is 12.5 Å². The van der Waals surface area contributed by atoms with E-state index in [0.29, 0.717) is 6.54 Å². The minimum absolute atomic E-state index is 0.0290. The number of aliphatic hydroxyl groups excluding tert-OH is 1. The third-order valence-corrected chi connectivity index (χ3v) is 2.27. The summed E-state index contributed by atoms with van der Waals surface area (Å²) in [4.78, 5) is 0. The molecule has 0 amide bonds. The predicted molar refractivity (Wildman–Crippen MR) is 56.2 cm³/mol. The Morgan fingerprint density at radius 3 is 3.00 bits per heavy atom. The van der Waals surface area contributed by atoms with Crippen LogP contribution < -0.4 is 0 Å². The van der Waals surface area contributed by atoms with Gasteiger partial charge in [0.15, 0.2) is 0 Å². The molecule has 2 rings (SSSR count). The van der Waals surface area contributed by atoms with Crippen LogP contribution in [0.25, 0.3) is 0 Å². The van der Waals surface area contributed by atoms with E-state index in [0.717, 1.165) is 11.3 Å². The summed E-state index contributed by atoms with van der Waals surface area (Å²) in [5.41, 5.74) is 3.12. The molecule has 0 atom stereocenters. The van der Waals surface area contributed by atoms with Gasteiger partial charge < -0.3 is 5.11 Å². The average Bonchev–Trinajstić information content (AvgIpc) is 2.65. The van der Waals surface area contributed by atoms with Crippen molar-refractivity contribution in [2.24, 2.45) is 0 Å². The van der Waals surface area contributed by atoms with Crippen molar-refractivity contribution in [2.75, 3.05) is 0 Å². The molecule has 0 fully saturated rings. The quantitative estimate of drug-likeness (QED) is 0.813. The summed E-state index contributed by atoms with van der Waals surface area (Å²) in [7, 11) is 0. The number of aryl methyl sites for hydroxylation is 1. The van der Waals surface area contributed by atoms with E-state index >= 15 is 0 Å². The third-order valence-electron chi connectivity index (χ3n) is 2.27. The van der Waals surface area contributed by atoms with Gasteiger partial charge >= 0.3 is 0 Å². The smallest absolute Gasteiger partial charge is 0.0866 e. The molecule has 4 heteroatoms. The second-order valence-corrected chi connectivity index (χ2v) is 3.53. The first-order valence-corrected chi connectivity index (χ1v) is 4.83. The van der Waals surface area contributed by atoms with Gasteiger partial charge in [-0.3, -0.25) is 0 Å². The topological polar surface area (TPSA) is 50.9 Å². The number of nitrogens with zero attached hydrogens (tertiary/aromatic N) is 3. The van der Waals surface area contributed by atoms with E-state index in [2.05, 4.69) is 29.4 Å². The van der Waals surface area contributed by atoms with Crippen molar-refractivity contribution in [2.45, 2.75) is 20.1 Å². The Hall–Kier alpha value is -1.68. The number of aliphatic hydroxyl groups is 1. The zero-order valence-electron chi connectivity index (χ0n) is 8.59. The summed E-state index contributed by atoms with van der Waals surface area (Å²) in [6, 6.07) is 8.21. The molecule has 1 aromatic heterocycles. The maximum Gasteiger partial charge on any atom is 0.0866 e. The van der Waals surface area contributed by atoms with E-state index < -0.39 is 0 Å². The minimum atomic E-state index is -0.0290. The van der Waals surface area contributed by atoms with E-state index in [1.54, 1.807) is 10.9 Å². The van der Waals surface area contributed by atoms with Crippen molar-refractivity contribution in [3.63, 3.8) is 0 Å². The molecule has 0 saturated heterocycles. The molecule has 0 aliphatic carbocycles. The lowest BCUT2D eigenvalue weighted by Gasteiger charge is -2.04. The molecule has 1 N–H and O–H groups in total. The van der Waals surface area contributed by atoms with Crippen molar-refractivity contribution < 1.29 is 5.11 Å². The van der Waals surface area contributed by atoms with Crippen molar-refractivity contribution in [1.29, 1.82) is 0 Å². The first-order valence-electron chi connectivity index (χ1n) is 4.83. The fraction of sp³-hybridized carbons (Fsp3) is 0.273. The SMILES string of the molecule is Cc1cccc(Cn2nncc2CO)c1. The standard InChI is InChI=1S/C11H13N3O/c1-9-3-2-4-10(5-9)7-14-11(8-15)6-12-13-14/h2-6,15H,7-8H2,1H3. The van der Waals surface area contributed by atoms with Crippen LogP contribution in [0.4, 0.5) is 0 Å². The molecular weight excluding hydrogens is 190 g/mol. The fourth-order valence-electron chi connectivity index (χ4n) is 1.52. The fourth-order valence-corrected chi connectivity index (χ4v) is 1.52. The Kier molecular flexibility index (Phi) is 2.78. The molecule has 2 aromatic rings. The Balaban J connectivity index is 2.22. The summed E-state index contributed by atoms with van der Waals surface area (Å²) in [5, 5.41) is 16.7. The summed E-state index contributed by atoms with van der Waals surface area (Å²) in [5.74, 6) is 0. The number of aromatic nitrogens is 3. The lowest BCUT2D eigenvalue weighted by atomic mass is 10.1. The number of rotatable bonds is 3. The highest BCUT2D eigenvalue weighted by Crippen LogP contribution is 2.07. The zero-order chi connectivity index (χ0) is 10.7. The molecule has 0 bridgehead atoms. The Labute approximate surface area is 88.2 Å². The van der Waals surface area contributed by atoms with Crippen molar-refractivity contribution in [3.8, 4) is 0 Å². The summed E-state index contributed by atoms with van der Waals surface area (Å²) < 4.78 is 1.70. The second kappa shape index (κ2) is 4.23. The summed E-state index contributed by atoms with van der Waals surface area (Å²) in [6.07, 6.45) is 1.58. The van der Waals surface area contributed by atoms with E-state index in [9.17, 15) is 0 Å². The zero-order valence-corrected chi connectivity index (χ0v) is 8.59. The van der Waals surface area contributed by atoms with Crippen LogP contribution in [0.15, 0.2) is 30.5 Å². The van der Waals surface area contributed by atoms with Crippen LogP contribution in [-0.2, 0) is 13.2 Å². The normalized spacial score (nSPS) is 10.5. The van der Waals surface area contributed by atoms with Gasteiger partial charge in [-0.2, -0.15) is 0 Å². The molecule has 0 aliphatic heterocycles. The van der Waals surface area contributed by atoms with Crippen LogP contribution in [0.3, 0.4) is 0 Å². The second-order valence-electron chi connectivity index (χ2n) is 3.53. The summed E-state index contributed by atoms with van der Waals surface area (Å²) >= 11 is 0. The van der Waals surface area contributed by atoms with Gasteiger partial charge in [0.1, 0.15) is 0 Å². The van der Waals surface area contributed by atoms with Gasteiger partial charge in [-0.1, -0.05) is 35.0 Å². The first kappa shape index (κ1) is 9.86. The Morgan fingerprint density at radius 1 is 1.40 bits per heavy atom. The summed E-state index contributed by atoms with van der Waals surface area (Å²) in [6.45, 7) is 2.67. The average molecular weight is 203 g/mol. The maximum atomic E-state index is 9.04. The first-order chi connectivity index (χ1) is 7.29. The van der Waals surface area contributed by atoms with Crippen LogP contribution >= 0.6 is 0 Å². The molecule has 0 radical (unpaired) electrons. The predicted octanol–water partition coefficient (Wildman–Crippen LogP) is 1.13. The van der Waals surface area contributed by atoms with Crippen LogP contribution in [0.1, 0.15) is 16.8 Å². The van der Waals surface area contributed by atoms with Gasteiger partial charge in [0.05, 0.1) is 25.0 Å². The maximum absolute atomic E-state index is 9.04. The van der Waals surface area contributed by atoms with E-state index in [4.69, 9.17) is 5.11 Å². The molecule has 15 heavy (non-hydrogen) atoms. The minimum Gasteiger partial charge on any atom is -0.390 e. The van der Waals surface area contributed by atoms with Crippen LogP contribution in [-0.4, -0.2) is 20.1 Å². The van der Waals surface area contributed by atoms with E-state index in [-0.39, 0.29) is 6.61 Å². The Bertz CT molecular complexity index is 451. The van der Waals surface area contributed by atoms with E-state index in [1.165, 1.54) is 5.56 Å². The lowest BCUT2D eigenvalue weighted by Crippen LogP contribution is -2.06. The third kappa shape index (κ3) is 2.22. The molecular formula is C11H13N3O. The van der Waals surface area contributed by atoms with Crippen LogP contribution in [0.5, 0.6) is 0 Å². The van der Waals surface area contributed by atoms with Gasteiger partial charge in [-0.15, -0.1) is 5.10 Å². The number of hydrogen-bond acceptors (Lipinski definition) is 3. The van der Waals surface area contributed by atoms with Crippen molar-refractivity contribution in [3.05, 3.63) is 47.3 Å². The van der Waals surface area contributed by atoms with Gasteiger partial charge in [0.2, 0.25) is 0 Å². The highest BCUT2D eigenvalue weighted by molar-refractivity contribution is 5.22. The number of benzene rings is 1. The molecule has 0 spiro atoms.